The lowest BCUT2D eigenvalue weighted by Gasteiger charge is -2.40. The van der Waals surface area contributed by atoms with Crippen molar-refractivity contribution >= 4 is 22.9 Å². The summed E-state index contributed by atoms with van der Waals surface area (Å²) in [6.45, 7) is -0.488. The molecular weight excluding hydrogens is 445 g/mol. The first-order valence-electron chi connectivity index (χ1n) is 9.67. The number of rotatable bonds is 5. The minimum absolute atomic E-state index is 0.488. The number of halogens is 2. The molecule has 4 N–H and O–H groups in total. The molecule has 1 fully saturated rings. The zero-order valence-corrected chi connectivity index (χ0v) is 17.8. The van der Waals surface area contributed by atoms with Gasteiger partial charge in [-0.1, -0.05) is 23.7 Å². The van der Waals surface area contributed by atoms with Gasteiger partial charge in [0.25, 0.3) is 0 Å². The van der Waals surface area contributed by atoms with Crippen molar-refractivity contribution in [2.75, 3.05) is 6.61 Å². The summed E-state index contributed by atoms with van der Waals surface area (Å²) in [6, 6.07) is 12.0. The largest absolute Gasteiger partial charge is 0.394 e. The average molecular weight is 466 g/mol. The van der Waals surface area contributed by atoms with Crippen LogP contribution in [0.2, 0.25) is 5.02 Å². The van der Waals surface area contributed by atoms with E-state index in [0.717, 1.165) is 20.9 Å². The molecule has 31 heavy (non-hydrogen) atoms. The molecule has 0 spiro atoms. The van der Waals surface area contributed by atoms with Gasteiger partial charge in [-0.25, -0.2) is 4.98 Å². The zero-order chi connectivity index (χ0) is 22.1. The number of pyridine rings is 1. The number of benzene rings is 1. The highest BCUT2D eigenvalue weighted by Gasteiger charge is 2.44. The van der Waals surface area contributed by atoms with Crippen LogP contribution in [0.1, 0.15) is 22.1 Å². The van der Waals surface area contributed by atoms with Crippen LogP contribution in [0.3, 0.4) is 0 Å². The maximum Gasteiger partial charge on any atom is 0.212 e. The molecule has 3 heterocycles. The highest BCUT2D eigenvalue weighted by atomic mass is 35.5. The summed E-state index contributed by atoms with van der Waals surface area (Å²) >= 11 is 7.92. The van der Waals surface area contributed by atoms with Crippen LogP contribution in [0.15, 0.2) is 48.7 Å². The molecule has 1 saturated heterocycles. The van der Waals surface area contributed by atoms with Crippen LogP contribution >= 0.6 is 22.9 Å². The normalized spacial score (nSPS) is 26.2. The van der Waals surface area contributed by atoms with Crippen LogP contribution in [0.25, 0.3) is 10.4 Å². The fourth-order valence-electron chi connectivity index (χ4n) is 3.62. The third-order valence-electron chi connectivity index (χ3n) is 5.33. The van der Waals surface area contributed by atoms with Gasteiger partial charge in [0, 0.05) is 33.0 Å². The second-order valence-corrected chi connectivity index (χ2v) is 8.99. The number of thiophene rings is 1. The van der Waals surface area contributed by atoms with Crippen molar-refractivity contribution in [3.05, 3.63) is 75.6 Å². The Kier molecular flexibility index (Phi) is 6.68. The van der Waals surface area contributed by atoms with Gasteiger partial charge in [0.15, 0.2) is 0 Å². The number of hydrogen-bond donors (Lipinski definition) is 4. The summed E-state index contributed by atoms with van der Waals surface area (Å²) in [5.41, 5.74) is 2.19. The quantitative estimate of drug-likeness (QED) is 0.432. The van der Waals surface area contributed by atoms with E-state index in [1.807, 2.05) is 12.1 Å². The summed E-state index contributed by atoms with van der Waals surface area (Å²) in [7, 11) is 0. The fourth-order valence-corrected chi connectivity index (χ4v) is 4.83. The Morgan fingerprint density at radius 2 is 1.84 bits per heavy atom. The Morgan fingerprint density at radius 3 is 2.55 bits per heavy atom. The maximum atomic E-state index is 13.1. The van der Waals surface area contributed by atoms with Gasteiger partial charge in [-0.3, -0.25) is 0 Å². The lowest BCUT2D eigenvalue weighted by Crippen LogP contribution is -2.55. The van der Waals surface area contributed by atoms with Gasteiger partial charge >= 0.3 is 0 Å². The predicted molar refractivity (Wildman–Crippen MR) is 114 cm³/mol. The summed E-state index contributed by atoms with van der Waals surface area (Å²) < 4.78 is 18.7. The average Bonchev–Trinajstić information content (AvgIpc) is 3.23. The Morgan fingerprint density at radius 1 is 1.03 bits per heavy atom. The van der Waals surface area contributed by atoms with E-state index in [0.29, 0.717) is 17.0 Å². The van der Waals surface area contributed by atoms with Crippen molar-refractivity contribution < 1.29 is 29.6 Å². The molecular formula is C22H21ClFNO5S. The zero-order valence-electron chi connectivity index (χ0n) is 16.2. The Hall–Kier alpha value is -1.91. The molecule has 164 valence electrons. The van der Waals surface area contributed by atoms with Gasteiger partial charge in [-0.2, -0.15) is 4.39 Å². The highest BCUT2D eigenvalue weighted by molar-refractivity contribution is 7.15. The maximum absolute atomic E-state index is 13.1. The van der Waals surface area contributed by atoms with E-state index in [2.05, 4.69) is 4.98 Å². The minimum atomic E-state index is -1.45. The number of aliphatic hydroxyl groups is 4. The Balaban J connectivity index is 1.57. The van der Waals surface area contributed by atoms with Crippen LogP contribution in [0.5, 0.6) is 0 Å². The van der Waals surface area contributed by atoms with Crippen molar-refractivity contribution in [1.82, 2.24) is 4.98 Å². The molecule has 1 aliphatic heterocycles. The molecule has 6 nitrogen and oxygen atoms in total. The van der Waals surface area contributed by atoms with Crippen LogP contribution < -0.4 is 0 Å². The topological polar surface area (TPSA) is 103 Å². The monoisotopic (exact) mass is 465 g/mol. The van der Waals surface area contributed by atoms with E-state index in [9.17, 15) is 24.8 Å². The third kappa shape index (κ3) is 4.65. The standard InChI is InChI=1S/C22H21ClFNO5S/c23-15-4-1-11(22-21(29)20(28)19(27)16(10-26)30-22)7-13(15)8-14-3-5-17(31-14)12-2-6-18(24)25-9-12/h1-7,9,16,19-22,26-29H,8,10H2/t16?,19-,20?,21-,22?/m1/s1. The summed E-state index contributed by atoms with van der Waals surface area (Å²) in [6.07, 6.45) is -4.11. The summed E-state index contributed by atoms with van der Waals surface area (Å²) in [5.74, 6) is -0.530. The van der Waals surface area contributed by atoms with Gasteiger partial charge in [0.2, 0.25) is 5.95 Å². The van der Waals surface area contributed by atoms with Crippen molar-refractivity contribution in [3.8, 4) is 10.4 Å². The van der Waals surface area contributed by atoms with E-state index in [1.165, 1.54) is 23.6 Å². The number of hydrogen-bond acceptors (Lipinski definition) is 7. The smallest absolute Gasteiger partial charge is 0.212 e. The SMILES string of the molecule is OCC1OC(c2ccc(Cl)c(Cc3ccc(-c4ccc(F)nc4)s3)c2)[C@H](O)C(O)[C@@H]1O. The second kappa shape index (κ2) is 9.30. The summed E-state index contributed by atoms with van der Waals surface area (Å²) in [4.78, 5) is 5.65. The first-order chi connectivity index (χ1) is 14.9. The van der Waals surface area contributed by atoms with Gasteiger partial charge in [-0.05, 0) is 41.5 Å². The molecule has 0 amide bonds. The van der Waals surface area contributed by atoms with E-state index in [1.54, 1.807) is 24.3 Å². The van der Waals surface area contributed by atoms with E-state index < -0.39 is 43.1 Å². The molecule has 3 unspecified atom stereocenters. The van der Waals surface area contributed by atoms with Gasteiger partial charge in [0.05, 0.1) is 6.61 Å². The number of nitrogens with zero attached hydrogens (tertiary/aromatic N) is 1. The molecule has 0 aliphatic carbocycles. The van der Waals surface area contributed by atoms with Gasteiger partial charge < -0.3 is 25.2 Å². The lowest BCUT2D eigenvalue weighted by atomic mass is 9.90. The van der Waals surface area contributed by atoms with Crippen molar-refractivity contribution in [3.63, 3.8) is 0 Å². The first-order valence-corrected chi connectivity index (χ1v) is 10.9. The summed E-state index contributed by atoms with van der Waals surface area (Å²) in [5, 5.41) is 40.4. The van der Waals surface area contributed by atoms with Crippen molar-refractivity contribution in [2.24, 2.45) is 0 Å². The number of aliphatic hydroxyl groups excluding tert-OH is 4. The third-order valence-corrected chi connectivity index (χ3v) is 6.83. The molecule has 1 aliphatic rings. The fraction of sp³-hybridized carbons (Fsp3) is 0.318. The van der Waals surface area contributed by atoms with Crippen LogP contribution in [0.4, 0.5) is 4.39 Å². The Labute approximate surface area is 187 Å². The van der Waals surface area contributed by atoms with Crippen molar-refractivity contribution in [2.45, 2.75) is 36.9 Å². The molecule has 3 aromatic rings. The second-order valence-electron chi connectivity index (χ2n) is 7.41. The highest BCUT2D eigenvalue weighted by Crippen LogP contribution is 2.35. The van der Waals surface area contributed by atoms with E-state index in [-0.39, 0.29) is 0 Å². The van der Waals surface area contributed by atoms with Crippen molar-refractivity contribution in [1.29, 1.82) is 0 Å². The number of ether oxygens (including phenoxy) is 1. The molecule has 9 heteroatoms. The van der Waals surface area contributed by atoms with Crippen LogP contribution in [-0.4, -0.2) is 56.4 Å². The number of aromatic nitrogens is 1. The van der Waals surface area contributed by atoms with E-state index in [4.69, 9.17) is 16.3 Å². The molecule has 0 saturated carbocycles. The molecule has 1 aromatic carbocycles. The van der Waals surface area contributed by atoms with Crippen LogP contribution in [-0.2, 0) is 11.2 Å². The van der Waals surface area contributed by atoms with Crippen LogP contribution in [0, 0.1) is 5.95 Å². The Bertz CT molecular complexity index is 1040. The molecule has 2 aromatic heterocycles. The predicted octanol–water partition coefficient (Wildman–Crippen LogP) is 2.71. The van der Waals surface area contributed by atoms with E-state index >= 15 is 0 Å². The molecule has 4 rings (SSSR count). The van der Waals surface area contributed by atoms with Gasteiger partial charge in [-0.15, -0.1) is 11.3 Å². The van der Waals surface area contributed by atoms with Gasteiger partial charge in [0.1, 0.15) is 30.5 Å². The minimum Gasteiger partial charge on any atom is -0.394 e. The lowest BCUT2D eigenvalue weighted by molar-refractivity contribution is -0.231. The first kappa shape index (κ1) is 22.3. The molecule has 0 radical (unpaired) electrons. The molecule has 5 atom stereocenters. The molecule has 0 bridgehead atoms.